The van der Waals surface area contributed by atoms with Crippen molar-refractivity contribution in [1.29, 1.82) is 0 Å². The van der Waals surface area contributed by atoms with Gasteiger partial charge < -0.3 is 15.5 Å². The molecule has 0 spiro atoms. The van der Waals surface area contributed by atoms with Crippen molar-refractivity contribution < 1.29 is 4.79 Å². The molecule has 1 aliphatic carbocycles. The molecule has 1 atom stereocenters. The molecular formula is C15H29N3O. The number of rotatable bonds is 7. The summed E-state index contributed by atoms with van der Waals surface area (Å²) >= 11 is 0. The van der Waals surface area contributed by atoms with Gasteiger partial charge in [-0.25, -0.2) is 0 Å². The lowest BCUT2D eigenvalue weighted by Crippen LogP contribution is -2.41. The van der Waals surface area contributed by atoms with Crippen LogP contribution in [0.5, 0.6) is 0 Å². The molecule has 1 saturated carbocycles. The number of hydrogen-bond acceptors (Lipinski definition) is 3. The molecule has 1 amide bonds. The number of likely N-dealkylation sites (N-methyl/N-ethyl adjacent to an activating group) is 1. The molecule has 0 aromatic carbocycles. The standard InChI is InChI=1S/C15H29N3O/c1-18(2)14(13-4-5-13)11-17-15(19)6-3-12-7-9-16-10-8-12/h12-14,16H,3-11H2,1-2H3,(H,17,19). The molecule has 2 fully saturated rings. The topological polar surface area (TPSA) is 44.4 Å². The predicted octanol–water partition coefficient (Wildman–Crippen LogP) is 1.22. The summed E-state index contributed by atoms with van der Waals surface area (Å²) in [7, 11) is 4.23. The van der Waals surface area contributed by atoms with Crippen LogP contribution in [0.2, 0.25) is 0 Å². The summed E-state index contributed by atoms with van der Waals surface area (Å²) in [4.78, 5) is 14.2. The van der Waals surface area contributed by atoms with E-state index in [-0.39, 0.29) is 5.91 Å². The van der Waals surface area contributed by atoms with Crippen molar-refractivity contribution in [3.8, 4) is 0 Å². The minimum Gasteiger partial charge on any atom is -0.355 e. The fourth-order valence-electron chi connectivity index (χ4n) is 3.06. The van der Waals surface area contributed by atoms with Gasteiger partial charge in [-0.05, 0) is 71.1 Å². The fourth-order valence-corrected chi connectivity index (χ4v) is 3.06. The molecule has 0 aromatic rings. The Labute approximate surface area is 117 Å². The maximum atomic E-state index is 11.9. The first-order chi connectivity index (χ1) is 9.16. The first-order valence-electron chi connectivity index (χ1n) is 7.80. The summed E-state index contributed by atoms with van der Waals surface area (Å²) in [5, 5.41) is 6.50. The lowest BCUT2D eigenvalue weighted by Gasteiger charge is -2.25. The van der Waals surface area contributed by atoms with Gasteiger partial charge in [0.1, 0.15) is 0 Å². The van der Waals surface area contributed by atoms with Crippen LogP contribution >= 0.6 is 0 Å². The van der Waals surface area contributed by atoms with Crippen molar-refractivity contribution in [2.24, 2.45) is 11.8 Å². The molecule has 2 aliphatic rings. The maximum Gasteiger partial charge on any atom is 0.220 e. The van der Waals surface area contributed by atoms with E-state index in [1.54, 1.807) is 0 Å². The van der Waals surface area contributed by atoms with E-state index in [9.17, 15) is 4.79 Å². The Kier molecular flexibility index (Phi) is 5.64. The Balaban J connectivity index is 1.60. The molecule has 4 nitrogen and oxygen atoms in total. The van der Waals surface area contributed by atoms with Gasteiger partial charge in [-0.3, -0.25) is 4.79 Å². The van der Waals surface area contributed by atoms with Gasteiger partial charge >= 0.3 is 0 Å². The van der Waals surface area contributed by atoms with E-state index in [1.807, 2.05) is 0 Å². The quantitative estimate of drug-likeness (QED) is 0.729. The Morgan fingerprint density at radius 2 is 1.95 bits per heavy atom. The zero-order chi connectivity index (χ0) is 13.7. The van der Waals surface area contributed by atoms with E-state index in [0.717, 1.165) is 37.9 Å². The van der Waals surface area contributed by atoms with Crippen LogP contribution in [-0.2, 0) is 4.79 Å². The van der Waals surface area contributed by atoms with Gasteiger partial charge in [-0.15, -0.1) is 0 Å². The first-order valence-corrected chi connectivity index (χ1v) is 7.80. The molecule has 1 saturated heterocycles. The molecule has 2 rings (SSSR count). The van der Waals surface area contributed by atoms with Crippen LogP contribution in [0, 0.1) is 11.8 Å². The van der Waals surface area contributed by atoms with E-state index in [0.29, 0.717) is 12.5 Å². The summed E-state index contributed by atoms with van der Waals surface area (Å²) < 4.78 is 0. The SMILES string of the molecule is CN(C)C(CNC(=O)CCC1CCNCC1)C1CC1. The average Bonchev–Trinajstić information content (AvgIpc) is 3.22. The number of nitrogens with zero attached hydrogens (tertiary/aromatic N) is 1. The van der Waals surface area contributed by atoms with Crippen LogP contribution in [0.4, 0.5) is 0 Å². The average molecular weight is 267 g/mol. The summed E-state index contributed by atoms with van der Waals surface area (Å²) in [5.74, 6) is 1.80. The second-order valence-corrected chi connectivity index (χ2v) is 6.40. The third kappa shape index (κ3) is 5.11. The molecule has 1 aliphatic heterocycles. The highest BCUT2D eigenvalue weighted by molar-refractivity contribution is 5.75. The summed E-state index contributed by atoms with van der Waals surface area (Å²) in [6.07, 6.45) is 6.88. The summed E-state index contributed by atoms with van der Waals surface area (Å²) in [6.45, 7) is 3.07. The number of carbonyl (C=O) groups excluding carboxylic acids is 1. The number of nitrogens with one attached hydrogen (secondary N) is 2. The zero-order valence-electron chi connectivity index (χ0n) is 12.5. The van der Waals surface area contributed by atoms with Crippen molar-refractivity contribution in [2.75, 3.05) is 33.7 Å². The van der Waals surface area contributed by atoms with E-state index < -0.39 is 0 Å². The van der Waals surface area contributed by atoms with Gasteiger partial charge in [0.2, 0.25) is 5.91 Å². The predicted molar refractivity (Wildman–Crippen MR) is 78.0 cm³/mol. The Morgan fingerprint density at radius 1 is 1.26 bits per heavy atom. The van der Waals surface area contributed by atoms with Crippen LogP contribution in [-0.4, -0.2) is 50.6 Å². The van der Waals surface area contributed by atoms with Gasteiger partial charge in [-0.1, -0.05) is 0 Å². The Hall–Kier alpha value is -0.610. The molecule has 2 N–H and O–H groups in total. The maximum absolute atomic E-state index is 11.9. The van der Waals surface area contributed by atoms with Crippen LogP contribution in [0.15, 0.2) is 0 Å². The van der Waals surface area contributed by atoms with E-state index in [1.165, 1.54) is 25.7 Å². The van der Waals surface area contributed by atoms with E-state index in [4.69, 9.17) is 0 Å². The largest absolute Gasteiger partial charge is 0.355 e. The fraction of sp³-hybridized carbons (Fsp3) is 0.933. The molecule has 19 heavy (non-hydrogen) atoms. The van der Waals surface area contributed by atoms with Crippen molar-refractivity contribution >= 4 is 5.91 Å². The van der Waals surface area contributed by atoms with Crippen molar-refractivity contribution in [3.63, 3.8) is 0 Å². The first kappa shape index (κ1) is 14.8. The second kappa shape index (κ2) is 7.25. The van der Waals surface area contributed by atoms with Gasteiger partial charge in [0.25, 0.3) is 0 Å². The molecule has 110 valence electrons. The van der Waals surface area contributed by atoms with E-state index in [2.05, 4.69) is 29.6 Å². The van der Waals surface area contributed by atoms with Crippen LogP contribution in [0.1, 0.15) is 38.5 Å². The minimum absolute atomic E-state index is 0.242. The number of hydrogen-bond donors (Lipinski definition) is 2. The Bertz CT molecular complexity index is 281. The van der Waals surface area contributed by atoms with Crippen LogP contribution in [0.3, 0.4) is 0 Å². The van der Waals surface area contributed by atoms with Crippen molar-refractivity contribution in [1.82, 2.24) is 15.5 Å². The van der Waals surface area contributed by atoms with Gasteiger partial charge in [0.05, 0.1) is 0 Å². The van der Waals surface area contributed by atoms with E-state index >= 15 is 0 Å². The monoisotopic (exact) mass is 267 g/mol. The zero-order valence-corrected chi connectivity index (χ0v) is 12.5. The highest BCUT2D eigenvalue weighted by Crippen LogP contribution is 2.34. The number of piperidine rings is 1. The number of carbonyl (C=O) groups is 1. The van der Waals surface area contributed by atoms with Gasteiger partial charge in [0, 0.05) is 19.0 Å². The second-order valence-electron chi connectivity index (χ2n) is 6.40. The molecule has 0 radical (unpaired) electrons. The van der Waals surface area contributed by atoms with Crippen molar-refractivity contribution in [3.05, 3.63) is 0 Å². The summed E-state index contributed by atoms with van der Waals surface area (Å²) in [6, 6.07) is 0.530. The number of amides is 1. The molecule has 1 unspecified atom stereocenters. The molecular weight excluding hydrogens is 238 g/mol. The van der Waals surface area contributed by atoms with Gasteiger partial charge in [0.15, 0.2) is 0 Å². The highest BCUT2D eigenvalue weighted by atomic mass is 16.1. The van der Waals surface area contributed by atoms with Crippen molar-refractivity contribution in [2.45, 2.75) is 44.6 Å². The Morgan fingerprint density at radius 3 is 2.53 bits per heavy atom. The molecule has 4 heteroatoms. The minimum atomic E-state index is 0.242. The summed E-state index contributed by atoms with van der Waals surface area (Å²) in [5.41, 5.74) is 0. The molecule has 1 heterocycles. The third-order valence-corrected chi connectivity index (χ3v) is 4.58. The lowest BCUT2D eigenvalue weighted by atomic mass is 9.93. The van der Waals surface area contributed by atoms with Gasteiger partial charge in [-0.2, -0.15) is 0 Å². The highest BCUT2D eigenvalue weighted by Gasteiger charge is 2.32. The normalized spacial score (nSPS) is 22.5. The molecule has 0 aromatic heterocycles. The van der Waals surface area contributed by atoms with Crippen LogP contribution in [0.25, 0.3) is 0 Å². The smallest absolute Gasteiger partial charge is 0.220 e. The third-order valence-electron chi connectivity index (χ3n) is 4.58. The molecule has 0 bridgehead atoms. The van der Waals surface area contributed by atoms with Crippen LogP contribution < -0.4 is 10.6 Å². The lowest BCUT2D eigenvalue weighted by molar-refractivity contribution is -0.121.